The van der Waals surface area contributed by atoms with E-state index in [9.17, 15) is 4.79 Å². The second-order valence-corrected chi connectivity index (χ2v) is 4.69. The second kappa shape index (κ2) is 6.14. The van der Waals surface area contributed by atoms with Crippen LogP contribution >= 0.6 is 0 Å². The number of hydrogen-bond donors (Lipinski definition) is 2. The van der Waals surface area contributed by atoms with Gasteiger partial charge in [-0.2, -0.15) is 0 Å². The topological polar surface area (TPSA) is 80.9 Å². The monoisotopic (exact) mass is 270 g/mol. The van der Waals surface area contributed by atoms with Crippen molar-refractivity contribution in [3.8, 4) is 0 Å². The minimum absolute atomic E-state index is 0.00211. The molecule has 1 atom stereocenters. The predicted molar refractivity (Wildman–Crippen MR) is 78.1 cm³/mol. The molecule has 2 aromatic rings. The molecule has 1 aromatic heterocycles. The highest BCUT2D eigenvalue weighted by molar-refractivity contribution is 5.78. The Kier molecular flexibility index (Phi) is 4.30. The second-order valence-electron chi connectivity index (χ2n) is 4.69. The molecule has 0 saturated carbocycles. The van der Waals surface area contributed by atoms with Gasteiger partial charge < -0.3 is 11.1 Å². The molecule has 0 spiro atoms. The van der Waals surface area contributed by atoms with Crippen molar-refractivity contribution in [3.63, 3.8) is 0 Å². The third-order valence-electron chi connectivity index (χ3n) is 3.08. The van der Waals surface area contributed by atoms with Gasteiger partial charge in [-0.05, 0) is 25.5 Å². The predicted octanol–water partition coefficient (Wildman–Crippen LogP) is 1.99. The standard InChI is InChI=1S/C15H18N4O/c1-10-15(18-8-7-17-10)11(2)19-13-6-4-3-5-12(13)9-14(16)20/h3-8,11,19H,9H2,1-2H3,(H2,16,20). The molecule has 1 unspecified atom stereocenters. The first-order chi connectivity index (χ1) is 9.58. The molecule has 0 saturated heterocycles. The number of anilines is 1. The number of carbonyl (C=O) groups is 1. The van der Waals surface area contributed by atoms with Gasteiger partial charge in [0.2, 0.25) is 5.91 Å². The fraction of sp³-hybridized carbons (Fsp3) is 0.267. The quantitative estimate of drug-likeness (QED) is 0.870. The molecule has 1 amide bonds. The number of primary amides is 1. The summed E-state index contributed by atoms with van der Waals surface area (Å²) in [6.45, 7) is 3.94. The first-order valence-corrected chi connectivity index (χ1v) is 6.48. The number of aryl methyl sites for hydroxylation is 1. The highest BCUT2D eigenvalue weighted by Crippen LogP contribution is 2.22. The Morgan fingerprint density at radius 3 is 2.70 bits per heavy atom. The zero-order valence-electron chi connectivity index (χ0n) is 11.6. The number of aromatic nitrogens is 2. The summed E-state index contributed by atoms with van der Waals surface area (Å²) in [6, 6.07) is 7.63. The molecule has 0 aliphatic rings. The molecule has 104 valence electrons. The number of rotatable bonds is 5. The number of amides is 1. The first kappa shape index (κ1) is 14.0. The molecule has 2 rings (SSSR count). The molecule has 1 heterocycles. The van der Waals surface area contributed by atoms with Gasteiger partial charge in [-0.15, -0.1) is 0 Å². The molecule has 3 N–H and O–H groups in total. The number of nitrogens with two attached hydrogens (primary N) is 1. The number of para-hydroxylation sites is 1. The van der Waals surface area contributed by atoms with Crippen LogP contribution in [0.15, 0.2) is 36.7 Å². The Morgan fingerprint density at radius 1 is 1.30 bits per heavy atom. The van der Waals surface area contributed by atoms with Gasteiger partial charge in [-0.1, -0.05) is 18.2 Å². The number of nitrogens with zero attached hydrogens (tertiary/aromatic N) is 2. The van der Waals surface area contributed by atoms with E-state index in [2.05, 4.69) is 15.3 Å². The number of hydrogen-bond acceptors (Lipinski definition) is 4. The third-order valence-corrected chi connectivity index (χ3v) is 3.08. The molecule has 5 nitrogen and oxygen atoms in total. The van der Waals surface area contributed by atoms with Crippen LogP contribution in [0.25, 0.3) is 0 Å². The number of carbonyl (C=O) groups excluding carboxylic acids is 1. The Bertz CT molecular complexity index is 612. The van der Waals surface area contributed by atoms with Gasteiger partial charge in [-0.25, -0.2) is 0 Å². The molecule has 1 aromatic carbocycles. The van der Waals surface area contributed by atoms with Crippen LogP contribution in [0.4, 0.5) is 5.69 Å². The zero-order chi connectivity index (χ0) is 14.5. The molecule has 20 heavy (non-hydrogen) atoms. The Morgan fingerprint density at radius 2 is 2.00 bits per heavy atom. The largest absolute Gasteiger partial charge is 0.377 e. The van der Waals surface area contributed by atoms with Crippen LogP contribution in [0.5, 0.6) is 0 Å². The smallest absolute Gasteiger partial charge is 0.221 e. The highest BCUT2D eigenvalue weighted by atomic mass is 16.1. The van der Waals surface area contributed by atoms with Crippen molar-refractivity contribution in [1.82, 2.24) is 9.97 Å². The molecule has 5 heteroatoms. The van der Waals surface area contributed by atoms with Crippen molar-refractivity contribution < 1.29 is 4.79 Å². The maximum atomic E-state index is 11.1. The summed E-state index contributed by atoms with van der Waals surface area (Å²) in [7, 11) is 0. The van der Waals surface area contributed by atoms with Crippen molar-refractivity contribution in [3.05, 3.63) is 53.6 Å². The fourth-order valence-electron chi connectivity index (χ4n) is 2.15. The van der Waals surface area contributed by atoms with Gasteiger partial charge in [0.15, 0.2) is 0 Å². The fourth-order valence-corrected chi connectivity index (χ4v) is 2.15. The molecule has 0 aliphatic carbocycles. The van der Waals surface area contributed by atoms with E-state index < -0.39 is 0 Å². The van der Waals surface area contributed by atoms with Crippen molar-refractivity contribution in [1.29, 1.82) is 0 Å². The van der Waals surface area contributed by atoms with E-state index in [1.165, 1.54) is 0 Å². The Balaban J connectivity index is 2.22. The normalized spacial score (nSPS) is 11.9. The van der Waals surface area contributed by atoms with E-state index >= 15 is 0 Å². The van der Waals surface area contributed by atoms with E-state index in [4.69, 9.17) is 5.73 Å². The van der Waals surface area contributed by atoms with Crippen LogP contribution in [0.1, 0.15) is 29.9 Å². The average Bonchev–Trinajstić information content (AvgIpc) is 2.41. The van der Waals surface area contributed by atoms with Gasteiger partial charge in [0.1, 0.15) is 0 Å². The van der Waals surface area contributed by atoms with Crippen molar-refractivity contribution in [2.24, 2.45) is 5.73 Å². The number of nitrogens with one attached hydrogen (secondary N) is 1. The van der Waals surface area contributed by atoms with E-state index in [1.54, 1.807) is 12.4 Å². The van der Waals surface area contributed by atoms with Crippen LogP contribution in [0, 0.1) is 6.92 Å². The molecule has 0 radical (unpaired) electrons. The third kappa shape index (κ3) is 3.32. The lowest BCUT2D eigenvalue weighted by Gasteiger charge is -2.18. The van der Waals surface area contributed by atoms with E-state index in [0.29, 0.717) is 0 Å². The summed E-state index contributed by atoms with van der Waals surface area (Å²) in [4.78, 5) is 19.7. The summed E-state index contributed by atoms with van der Waals surface area (Å²) in [5.41, 5.74) is 8.82. The van der Waals surface area contributed by atoms with Gasteiger partial charge in [0.25, 0.3) is 0 Å². The lowest BCUT2D eigenvalue weighted by atomic mass is 10.1. The van der Waals surface area contributed by atoms with Crippen molar-refractivity contribution in [2.45, 2.75) is 26.3 Å². The van der Waals surface area contributed by atoms with E-state index in [1.807, 2.05) is 38.1 Å². The van der Waals surface area contributed by atoms with Crippen LogP contribution in [-0.2, 0) is 11.2 Å². The molecular weight excluding hydrogens is 252 g/mol. The molecule has 0 fully saturated rings. The molecular formula is C15H18N4O. The Hall–Kier alpha value is -2.43. The van der Waals surface area contributed by atoms with Crippen LogP contribution < -0.4 is 11.1 Å². The average molecular weight is 270 g/mol. The van der Waals surface area contributed by atoms with Crippen LogP contribution in [0.2, 0.25) is 0 Å². The van der Waals surface area contributed by atoms with E-state index in [0.717, 1.165) is 22.6 Å². The minimum atomic E-state index is -0.345. The summed E-state index contributed by atoms with van der Waals surface area (Å²) < 4.78 is 0. The highest BCUT2D eigenvalue weighted by Gasteiger charge is 2.12. The van der Waals surface area contributed by atoms with Gasteiger partial charge in [-0.3, -0.25) is 14.8 Å². The van der Waals surface area contributed by atoms with Gasteiger partial charge >= 0.3 is 0 Å². The summed E-state index contributed by atoms with van der Waals surface area (Å²) in [6.07, 6.45) is 3.57. The van der Waals surface area contributed by atoms with Crippen molar-refractivity contribution >= 4 is 11.6 Å². The maximum absolute atomic E-state index is 11.1. The van der Waals surface area contributed by atoms with E-state index in [-0.39, 0.29) is 18.4 Å². The van der Waals surface area contributed by atoms with Gasteiger partial charge in [0.05, 0.1) is 23.9 Å². The SMILES string of the molecule is Cc1nccnc1C(C)Nc1ccccc1CC(N)=O. The zero-order valence-corrected chi connectivity index (χ0v) is 11.6. The summed E-state index contributed by atoms with van der Waals surface area (Å²) >= 11 is 0. The maximum Gasteiger partial charge on any atom is 0.221 e. The number of benzene rings is 1. The van der Waals surface area contributed by atoms with Crippen LogP contribution in [-0.4, -0.2) is 15.9 Å². The minimum Gasteiger partial charge on any atom is -0.377 e. The Labute approximate surface area is 118 Å². The van der Waals surface area contributed by atoms with Crippen molar-refractivity contribution in [2.75, 3.05) is 5.32 Å². The lowest BCUT2D eigenvalue weighted by Crippen LogP contribution is -2.16. The summed E-state index contributed by atoms with van der Waals surface area (Å²) in [5.74, 6) is -0.345. The lowest BCUT2D eigenvalue weighted by molar-refractivity contribution is -0.117. The van der Waals surface area contributed by atoms with Crippen LogP contribution in [0.3, 0.4) is 0 Å². The molecule has 0 bridgehead atoms. The molecule has 0 aliphatic heterocycles. The van der Waals surface area contributed by atoms with Gasteiger partial charge in [0, 0.05) is 18.1 Å². The first-order valence-electron chi connectivity index (χ1n) is 6.48. The summed E-state index contributed by atoms with van der Waals surface area (Å²) in [5, 5.41) is 3.36.